The Morgan fingerprint density at radius 3 is 2.65 bits per heavy atom. The van der Waals surface area contributed by atoms with Crippen molar-refractivity contribution in [3.63, 3.8) is 0 Å². The number of hydrogen-bond acceptors (Lipinski definition) is 3. The molecule has 1 atom stereocenters. The first kappa shape index (κ1) is 13.8. The molecule has 0 saturated heterocycles. The minimum atomic E-state index is 0.381. The number of methoxy groups -OCH3 is 1. The van der Waals surface area contributed by atoms with Crippen molar-refractivity contribution in [3.8, 4) is 5.75 Å². The molecule has 96 valence electrons. The molecule has 0 aromatic heterocycles. The van der Waals surface area contributed by atoms with Gasteiger partial charge in [-0.15, -0.1) is 0 Å². The number of likely N-dealkylation sites (N-methyl/N-ethyl adjacent to an activating group) is 1. The lowest BCUT2D eigenvalue weighted by molar-refractivity contribution is 0.412. The number of para-hydroxylation sites is 2. The maximum Gasteiger partial charge on any atom is 0.142 e. The molecule has 0 aliphatic rings. The second-order valence-corrected chi connectivity index (χ2v) is 4.31. The number of anilines is 1. The minimum absolute atomic E-state index is 0.381. The second-order valence-electron chi connectivity index (χ2n) is 4.31. The van der Waals surface area contributed by atoms with Crippen LogP contribution < -0.4 is 15.4 Å². The van der Waals surface area contributed by atoms with Crippen molar-refractivity contribution in [2.24, 2.45) is 5.73 Å². The zero-order valence-corrected chi connectivity index (χ0v) is 11.1. The Morgan fingerprint density at radius 2 is 2.06 bits per heavy atom. The summed E-state index contributed by atoms with van der Waals surface area (Å²) < 4.78 is 5.38. The van der Waals surface area contributed by atoms with Gasteiger partial charge in [0.1, 0.15) is 5.75 Å². The van der Waals surface area contributed by atoms with Crippen molar-refractivity contribution < 1.29 is 4.74 Å². The van der Waals surface area contributed by atoms with Gasteiger partial charge in [-0.25, -0.2) is 0 Å². The molecule has 1 rings (SSSR count). The lowest BCUT2D eigenvalue weighted by atomic mass is 10.1. The van der Waals surface area contributed by atoms with E-state index in [1.54, 1.807) is 7.11 Å². The van der Waals surface area contributed by atoms with Crippen LogP contribution in [0.25, 0.3) is 0 Å². The van der Waals surface area contributed by atoms with Crippen LogP contribution in [-0.4, -0.2) is 26.7 Å². The Bertz CT molecular complexity index is 328. The van der Waals surface area contributed by atoms with E-state index in [1.165, 1.54) is 12.8 Å². The van der Waals surface area contributed by atoms with Crippen molar-refractivity contribution in [3.05, 3.63) is 24.3 Å². The highest BCUT2D eigenvalue weighted by atomic mass is 16.5. The summed E-state index contributed by atoms with van der Waals surface area (Å²) in [4.78, 5) is 2.23. The number of ether oxygens (including phenoxy) is 1. The van der Waals surface area contributed by atoms with Gasteiger partial charge >= 0.3 is 0 Å². The number of unbranched alkanes of at least 4 members (excludes halogenated alkanes) is 1. The van der Waals surface area contributed by atoms with E-state index >= 15 is 0 Å². The third-order valence-electron chi connectivity index (χ3n) is 3.18. The summed E-state index contributed by atoms with van der Waals surface area (Å²) in [6.07, 6.45) is 3.54. The maximum absolute atomic E-state index is 5.86. The van der Waals surface area contributed by atoms with E-state index in [4.69, 9.17) is 10.5 Å². The molecule has 1 aromatic carbocycles. The predicted molar refractivity (Wildman–Crippen MR) is 73.8 cm³/mol. The summed E-state index contributed by atoms with van der Waals surface area (Å²) >= 11 is 0. The molecule has 0 spiro atoms. The van der Waals surface area contributed by atoms with Crippen LogP contribution in [-0.2, 0) is 0 Å². The summed E-state index contributed by atoms with van der Waals surface area (Å²) in [6.45, 7) is 2.88. The van der Waals surface area contributed by atoms with E-state index in [9.17, 15) is 0 Å². The summed E-state index contributed by atoms with van der Waals surface area (Å²) in [5.41, 5.74) is 6.97. The molecule has 0 aliphatic heterocycles. The van der Waals surface area contributed by atoms with E-state index in [0.29, 0.717) is 12.6 Å². The van der Waals surface area contributed by atoms with Crippen LogP contribution in [0.15, 0.2) is 24.3 Å². The lowest BCUT2D eigenvalue weighted by Gasteiger charge is -2.30. The Morgan fingerprint density at radius 1 is 1.35 bits per heavy atom. The third-order valence-corrected chi connectivity index (χ3v) is 3.18. The van der Waals surface area contributed by atoms with Crippen LogP contribution in [0.5, 0.6) is 5.75 Å². The van der Waals surface area contributed by atoms with Gasteiger partial charge in [-0.2, -0.15) is 0 Å². The Kier molecular flexibility index (Phi) is 5.84. The average Bonchev–Trinajstić information content (AvgIpc) is 2.39. The molecule has 0 radical (unpaired) electrons. The summed E-state index contributed by atoms with van der Waals surface area (Å²) in [5, 5.41) is 0. The van der Waals surface area contributed by atoms with Crippen LogP contribution in [0.3, 0.4) is 0 Å². The second kappa shape index (κ2) is 7.17. The van der Waals surface area contributed by atoms with Gasteiger partial charge < -0.3 is 15.4 Å². The number of benzene rings is 1. The first-order valence-electron chi connectivity index (χ1n) is 6.30. The molecule has 0 heterocycles. The Hall–Kier alpha value is -1.22. The zero-order chi connectivity index (χ0) is 12.7. The summed E-state index contributed by atoms with van der Waals surface area (Å²) in [7, 11) is 3.79. The molecule has 0 saturated carbocycles. The summed E-state index contributed by atoms with van der Waals surface area (Å²) in [6, 6.07) is 8.46. The van der Waals surface area contributed by atoms with Gasteiger partial charge in [0, 0.05) is 19.6 Å². The molecule has 0 aliphatic carbocycles. The molecule has 3 heteroatoms. The van der Waals surface area contributed by atoms with Crippen molar-refractivity contribution >= 4 is 5.69 Å². The first-order chi connectivity index (χ1) is 8.24. The van der Waals surface area contributed by atoms with Crippen molar-refractivity contribution in [2.45, 2.75) is 32.2 Å². The van der Waals surface area contributed by atoms with E-state index < -0.39 is 0 Å². The number of nitrogens with two attached hydrogens (primary N) is 1. The Labute approximate surface area is 105 Å². The van der Waals surface area contributed by atoms with E-state index in [1.807, 2.05) is 18.2 Å². The molecule has 1 aromatic rings. The lowest BCUT2D eigenvalue weighted by Crippen LogP contribution is -2.38. The molecular formula is C14H24N2O. The predicted octanol–water partition coefficient (Wildman–Crippen LogP) is 2.65. The van der Waals surface area contributed by atoms with Gasteiger partial charge in [0.15, 0.2) is 0 Å². The fourth-order valence-electron chi connectivity index (χ4n) is 2.03. The molecule has 17 heavy (non-hydrogen) atoms. The van der Waals surface area contributed by atoms with Gasteiger partial charge in [-0.05, 0) is 18.6 Å². The van der Waals surface area contributed by atoms with Crippen LogP contribution >= 0.6 is 0 Å². The zero-order valence-electron chi connectivity index (χ0n) is 11.1. The fourth-order valence-corrected chi connectivity index (χ4v) is 2.03. The highest BCUT2D eigenvalue weighted by molar-refractivity contribution is 5.58. The maximum atomic E-state index is 5.86. The molecule has 0 bridgehead atoms. The molecule has 1 unspecified atom stereocenters. The highest BCUT2D eigenvalue weighted by Crippen LogP contribution is 2.28. The van der Waals surface area contributed by atoms with Crippen LogP contribution in [0.1, 0.15) is 26.2 Å². The van der Waals surface area contributed by atoms with E-state index in [2.05, 4.69) is 24.9 Å². The van der Waals surface area contributed by atoms with E-state index in [0.717, 1.165) is 17.9 Å². The SMILES string of the molecule is CCCCC(CN)N(C)c1ccccc1OC. The third kappa shape index (κ3) is 3.63. The molecule has 2 N–H and O–H groups in total. The van der Waals surface area contributed by atoms with Gasteiger partial charge in [-0.1, -0.05) is 31.9 Å². The largest absolute Gasteiger partial charge is 0.495 e. The quantitative estimate of drug-likeness (QED) is 0.791. The first-order valence-corrected chi connectivity index (χ1v) is 6.30. The van der Waals surface area contributed by atoms with Crippen molar-refractivity contribution in [2.75, 3.05) is 25.6 Å². The van der Waals surface area contributed by atoms with Crippen molar-refractivity contribution in [1.82, 2.24) is 0 Å². The monoisotopic (exact) mass is 236 g/mol. The average molecular weight is 236 g/mol. The fraction of sp³-hybridized carbons (Fsp3) is 0.571. The smallest absolute Gasteiger partial charge is 0.142 e. The van der Waals surface area contributed by atoms with Crippen LogP contribution in [0.4, 0.5) is 5.69 Å². The summed E-state index contributed by atoms with van der Waals surface area (Å²) in [5.74, 6) is 0.907. The van der Waals surface area contributed by atoms with Crippen LogP contribution in [0, 0.1) is 0 Å². The minimum Gasteiger partial charge on any atom is -0.495 e. The molecule has 0 amide bonds. The highest BCUT2D eigenvalue weighted by Gasteiger charge is 2.15. The Balaban J connectivity index is 2.81. The van der Waals surface area contributed by atoms with E-state index in [-0.39, 0.29) is 0 Å². The molecular weight excluding hydrogens is 212 g/mol. The normalized spacial score (nSPS) is 12.2. The van der Waals surface area contributed by atoms with Gasteiger partial charge in [0.2, 0.25) is 0 Å². The molecule has 0 fully saturated rings. The number of rotatable bonds is 7. The van der Waals surface area contributed by atoms with Crippen molar-refractivity contribution in [1.29, 1.82) is 0 Å². The number of nitrogens with zero attached hydrogens (tertiary/aromatic N) is 1. The van der Waals surface area contributed by atoms with Gasteiger partial charge in [0.25, 0.3) is 0 Å². The molecule has 3 nitrogen and oxygen atoms in total. The van der Waals surface area contributed by atoms with Gasteiger partial charge in [-0.3, -0.25) is 0 Å². The topological polar surface area (TPSA) is 38.5 Å². The van der Waals surface area contributed by atoms with Crippen LogP contribution in [0.2, 0.25) is 0 Å². The standard InChI is InChI=1S/C14H24N2O/c1-4-5-8-12(11-15)16(2)13-9-6-7-10-14(13)17-3/h6-7,9-10,12H,4-5,8,11,15H2,1-3H3. The van der Waals surface area contributed by atoms with Gasteiger partial charge in [0.05, 0.1) is 12.8 Å². The number of hydrogen-bond donors (Lipinski definition) is 1.